The smallest absolute Gasteiger partial charge is 0.224 e. The molecule has 0 radical (unpaired) electrons. The summed E-state index contributed by atoms with van der Waals surface area (Å²) in [6.45, 7) is 6.23. The lowest BCUT2D eigenvalue weighted by atomic mass is 9.85. The quantitative estimate of drug-likeness (QED) is 0.579. The maximum atomic E-state index is 11.8. The Morgan fingerprint density at radius 2 is 1.69 bits per heavy atom. The molecule has 1 atom stereocenters. The minimum Gasteiger partial charge on any atom is -0.395 e. The third-order valence-corrected chi connectivity index (χ3v) is 2.60. The molecule has 0 aliphatic rings. The number of nitrogens with zero attached hydrogens (tertiary/aromatic N) is 1. The average Bonchev–Trinajstić information content (AvgIpc) is 2.15. The number of hydrogen-bond donors (Lipinski definition) is 3. The molecule has 1 amide bonds. The number of aliphatic hydroxyl groups is 2. The number of carbonyl (C=O) groups excluding carboxylic acids is 1. The van der Waals surface area contributed by atoms with Crippen LogP contribution in [0.3, 0.4) is 0 Å². The molecule has 0 bridgehead atoms. The van der Waals surface area contributed by atoms with Crippen LogP contribution in [0.1, 0.15) is 27.2 Å². The molecule has 4 N–H and O–H groups in total. The summed E-state index contributed by atoms with van der Waals surface area (Å²) in [6.07, 6.45) is 0.240. The first kappa shape index (κ1) is 15.3. The van der Waals surface area contributed by atoms with Gasteiger partial charge in [0, 0.05) is 25.6 Å². The lowest BCUT2D eigenvalue weighted by Crippen LogP contribution is -2.43. The van der Waals surface area contributed by atoms with E-state index < -0.39 is 0 Å². The number of carbonyl (C=O) groups is 1. The van der Waals surface area contributed by atoms with E-state index in [0.29, 0.717) is 0 Å². The fourth-order valence-corrected chi connectivity index (χ4v) is 1.23. The SMILES string of the molecule is CC(C)(C)C(N)CC(=O)N(CCO)CCO. The molecule has 5 heteroatoms. The highest BCUT2D eigenvalue weighted by Crippen LogP contribution is 2.20. The van der Waals surface area contributed by atoms with Crippen molar-refractivity contribution in [3.8, 4) is 0 Å². The lowest BCUT2D eigenvalue weighted by molar-refractivity contribution is -0.133. The number of amides is 1. The van der Waals surface area contributed by atoms with Gasteiger partial charge in [-0.05, 0) is 5.41 Å². The summed E-state index contributed by atoms with van der Waals surface area (Å²) in [7, 11) is 0. The summed E-state index contributed by atoms with van der Waals surface area (Å²) in [4.78, 5) is 13.2. The molecule has 0 heterocycles. The molecule has 0 aliphatic heterocycles. The van der Waals surface area contributed by atoms with Crippen LogP contribution in [0, 0.1) is 5.41 Å². The molecule has 16 heavy (non-hydrogen) atoms. The molecule has 0 rings (SSSR count). The largest absolute Gasteiger partial charge is 0.395 e. The number of aliphatic hydroxyl groups excluding tert-OH is 2. The van der Waals surface area contributed by atoms with Crippen molar-refractivity contribution in [3.05, 3.63) is 0 Å². The lowest BCUT2D eigenvalue weighted by Gasteiger charge is -2.29. The normalized spacial score (nSPS) is 13.6. The molecule has 0 fully saturated rings. The molecule has 1 unspecified atom stereocenters. The van der Waals surface area contributed by atoms with Crippen molar-refractivity contribution in [3.63, 3.8) is 0 Å². The Morgan fingerprint density at radius 3 is 2.00 bits per heavy atom. The summed E-state index contributed by atoms with van der Waals surface area (Å²) in [5.41, 5.74) is 5.78. The Labute approximate surface area is 97.2 Å². The second kappa shape index (κ2) is 6.83. The number of hydrogen-bond acceptors (Lipinski definition) is 4. The van der Waals surface area contributed by atoms with Crippen molar-refractivity contribution in [1.82, 2.24) is 4.90 Å². The van der Waals surface area contributed by atoms with Gasteiger partial charge in [-0.25, -0.2) is 0 Å². The highest BCUT2D eigenvalue weighted by Gasteiger charge is 2.25. The standard InChI is InChI=1S/C11H24N2O3/c1-11(2,3)9(12)8-10(16)13(4-6-14)5-7-15/h9,14-15H,4-8,12H2,1-3H3. The van der Waals surface area contributed by atoms with Gasteiger partial charge in [-0.3, -0.25) is 4.79 Å². The molecule has 0 aromatic rings. The molecular weight excluding hydrogens is 208 g/mol. The molecule has 0 saturated carbocycles. The summed E-state index contributed by atoms with van der Waals surface area (Å²) in [5, 5.41) is 17.6. The highest BCUT2D eigenvalue weighted by molar-refractivity contribution is 5.76. The van der Waals surface area contributed by atoms with E-state index >= 15 is 0 Å². The van der Waals surface area contributed by atoms with Crippen LogP contribution in [-0.4, -0.2) is 53.4 Å². The summed E-state index contributed by atoms with van der Waals surface area (Å²) in [6, 6.07) is -0.222. The zero-order valence-corrected chi connectivity index (χ0v) is 10.4. The van der Waals surface area contributed by atoms with Crippen LogP contribution in [-0.2, 0) is 4.79 Å². The minimum atomic E-state index is -0.222. The zero-order valence-electron chi connectivity index (χ0n) is 10.4. The third kappa shape index (κ3) is 5.44. The number of nitrogens with two attached hydrogens (primary N) is 1. The summed E-state index contributed by atoms with van der Waals surface area (Å²) >= 11 is 0. The van der Waals surface area contributed by atoms with Crippen LogP contribution in [0.5, 0.6) is 0 Å². The summed E-state index contributed by atoms with van der Waals surface area (Å²) < 4.78 is 0. The van der Waals surface area contributed by atoms with Gasteiger partial charge >= 0.3 is 0 Å². The van der Waals surface area contributed by atoms with Gasteiger partial charge in [0.1, 0.15) is 0 Å². The van der Waals surface area contributed by atoms with Crippen LogP contribution in [0.4, 0.5) is 0 Å². The fraction of sp³-hybridized carbons (Fsp3) is 0.909. The van der Waals surface area contributed by atoms with Gasteiger partial charge in [-0.2, -0.15) is 0 Å². The molecule has 0 aromatic heterocycles. The van der Waals surface area contributed by atoms with Crippen LogP contribution < -0.4 is 5.73 Å². The van der Waals surface area contributed by atoms with E-state index in [2.05, 4.69) is 0 Å². The van der Waals surface area contributed by atoms with Crippen LogP contribution in [0.2, 0.25) is 0 Å². The predicted molar refractivity (Wildman–Crippen MR) is 62.8 cm³/mol. The van der Waals surface area contributed by atoms with Crippen molar-refractivity contribution in [1.29, 1.82) is 0 Å². The molecule has 96 valence electrons. The Bertz CT molecular complexity index is 208. The molecule has 0 saturated heterocycles. The van der Waals surface area contributed by atoms with Gasteiger partial charge in [0.15, 0.2) is 0 Å². The van der Waals surface area contributed by atoms with Crippen molar-refractivity contribution < 1.29 is 15.0 Å². The maximum absolute atomic E-state index is 11.8. The van der Waals surface area contributed by atoms with Crippen LogP contribution in [0.25, 0.3) is 0 Å². The van der Waals surface area contributed by atoms with Gasteiger partial charge < -0.3 is 20.8 Å². The van der Waals surface area contributed by atoms with Gasteiger partial charge in [0.2, 0.25) is 5.91 Å². The average molecular weight is 232 g/mol. The van der Waals surface area contributed by atoms with E-state index in [0.717, 1.165) is 0 Å². The Kier molecular flexibility index (Phi) is 6.55. The van der Waals surface area contributed by atoms with Crippen molar-refractivity contribution >= 4 is 5.91 Å². The zero-order chi connectivity index (χ0) is 12.8. The Hall–Kier alpha value is -0.650. The van der Waals surface area contributed by atoms with Crippen molar-refractivity contribution in [2.45, 2.75) is 33.2 Å². The van der Waals surface area contributed by atoms with Gasteiger partial charge in [-0.15, -0.1) is 0 Å². The van der Waals surface area contributed by atoms with Crippen molar-refractivity contribution in [2.75, 3.05) is 26.3 Å². The maximum Gasteiger partial charge on any atom is 0.224 e. The van der Waals surface area contributed by atoms with E-state index in [-0.39, 0.29) is 50.1 Å². The third-order valence-electron chi connectivity index (χ3n) is 2.60. The van der Waals surface area contributed by atoms with Gasteiger partial charge in [0.25, 0.3) is 0 Å². The first-order valence-corrected chi connectivity index (χ1v) is 5.58. The first-order valence-electron chi connectivity index (χ1n) is 5.58. The monoisotopic (exact) mass is 232 g/mol. The first-order chi connectivity index (χ1) is 7.32. The van der Waals surface area contributed by atoms with E-state index in [1.54, 1.807) is 0 Å². The van der Waals surface area contributed by atoms with E-state index in [1.165, 1.54) is 4.90 Å². The summed E-state index contributed by atoms with van der Waals surface area (Å²) in [5.74, 6) is -0.120. The van der Waals surface area contributed by atoms with E-state index in [1.807, 2.05) is 20.8 Å². The second-order valence-electron chi connectivity index (χ2n) is 5.00. The highest BCUT2D eigenvalue weighted by atomic mass is 16.3. The van der Waals surface area contributed by atoms with Gasteiger partial charge in [-0.1, -0.05) is 20.8 Å². The second-order valence-corrected chi connectivity index (χ2v) is 5.00. The minimum absolute atomic E-state index is 0.101. The molecule has 5 nitrogen and oxygen atoms in total. The molecule has 0 aromatic carbocycles. The fourth-order valence-electron chi connectivity index (χ4n) is 1.23. The Balaban J connectivity index is 4.29. The van der Waals surface area contributed by atoms with E-state index in [9.17, 15) is 4.79 Å². The topological polar surface area (TPSA) is 86.8 Å². The predicted octanol–water partition coefficient (Wildman–Crippen LogP) is -0.437. The molecular formula is C11H24N2O3. The van der Waals surface area contributed by atoms with Crippen LogP contribution >= 0.6 is 0 Å². The number of rotatable bonds is 6. The molecule has 0 spiro atoms. The van der Waals surface area contributed by atoms with Crippen LogP contribution in [0.15, 0.2) is 0 Å². The Morgan fingerprint density at radius 1 is 1.25 bits per heavy atom. The van der Waals surface area contributed by atoms with Gasteiger partial charge in [0.05, 0.1) is 13.2 Å². The van der Waals surface area contributed by atoms with Crippen molar-refractivity contribution in [2.24, 2.45) is 11.1 Å². The van der Waals surface area contributed by atoms with E-state index in [4.69, 9.17) is 15.9 Å². The molecule has 0 aliphatic carbocycles.